The predicted molar refractivity (Wildman–Crippen MR) is 104 cm³/mol. The highest BCUT2D eigenvalue weighted by Crippen LogP contribution is 2.27. The van der Waals surface area contributed by atoms with Crippen LogP contribution in [0.5, 0.6) is 0 Å². The van der Waals surface area contributed by atoms with Crippen LogP contribution in [0.2, 0.25) is 0 Å². The van der Waals surface area contributed by atoms with Crippen LogP contribution < -0.4 is 4.90 Å². The van der Waals surface area contributed by atoms with Gasteiger partial charge < -0.3 is 0 Å². The van der Waals surface area contributed by atoms with Gasteiger partial charge in [-0.05, 0) is 69.2 Å². The minimum atomic E-state index is 1.09. The first kappa shape index (κ1) is 16.8. The molecule has 0 saturated heterocycles. The molecule has 126 valence electrons. The Hall–Kier alpha value is -2.09. The molecule has 24 heavy (non-hydrogen) atoms. The van der Waals surface area contributed by atoms with Crippen LogP contribution in [0.25, 0.3) is 0 Å². The lowest BCUT2D eigenvalue weighted by Crippen LogP contribution is -2.31. The first-order valence-corrected chi connectivity index (χ1v) is 9.08. The van der Waals surface area contributed by atoms with Crippen LogP contribution in [0, 0.1) is 27.7 Å². The minimum absolute atomic E-state index is 1.09. The van der Waals surface area contributed by atoms with Crippen molar-refractivity contribution in [2.24, 2.45) is 0 Å². The molecule has 0 amide bonds. The van der Waals surface area contributed by atoms with Crippen molar-refractivity contribution in [3.05, 3.63) is 58.7 Å². The zero-order valence-electron chi connectivity index (χ0n) is 15.5. The molecule has 0 aromatic heterocycles. The Balaban J connectivity index is 2.11. The first-order valence-electron chi connectivity index (χ1n) is 9.08. The van der Waals surface area contributed by atoms with Gasteiger partial charge in [0.05, 0.1) is 13.1 Å². The number of rotatable bonds is 2. The lowest BCUT2D eigenvalue weighted by atomic mass is 10.1. The summed E-state index contributed by atoms with van der Waals surface area (Å²) in [6.07, 6.45) is 6.15. The zero-order chi connectivity index (χ0) is 17.1. The maximum absolute atomic E-state index is 2.47. The van der Waals surface area contributed by atoms with E-state index in [-0.39, 0.29) is 0 Å². The summed E-state index contributed by atoms with van der Waals surface area (Å²) in [6, 6.07) is 13.2. The maximum atomic E-state index is 2.47. The average Bonchev–Trinajstić information content (AvgIpc) is 2.50. The molecular weight excluding hydrogens is 292 g/mol. The van der Waals surface area contributed by atoms with Crippen LogP contribution in [0.4, 0.5) is 11.4 Å². The molecule has 1 aliphatic rings. The highest BCUT2D eigenvalue weighted by molar-refractivity contribution is 5.80. The Kier molecular flexibility index (Phi) is 5.03. The third-order valence-electron chi connectivity index (χ3n) is 5.03. The summed E-state index contributed by atoms with van der Waals surface area (Å²) in [5.74, 6) is 0. The van der Waals surface area contributed by atoms with E-state index in [4.69, 9.17) is 0 Å². The van der Waals surface area contributed by atoms with Gasteiger partial charge in [0.2, 0.25) is 6.34 Å². The largest absolute Gasteiger partial charge is 0.244 e. The zero-order valence-corrected chi connectivity index (χ0v) is 15.5. The Morgan fingerprint density at radius 2 is 1.33 bits per heavy atom. The van der Waals surface area contributed by atoms with Crippen molar-refractivity contribution in [1.82, 2.24) is 0 Å². The Bertz CT molecular complexity index is 718. The van der Waals surface area contributed by atoms with Crippen LogP contribution in [-0.2, 0) is 0 Å². The second-order valence-electron chi connectivity index (χ2n) is 7.04. The van der Waals surface area contributed by atoms with E-state index >= 15 is 0 Å². The summed E-state index contributed by atoms with van der Waals surface area (Å²) < 4.78 is 2.47. The van der Waals surface area contributed by atoms with Gasteiger partial charge in [-0.1, -0.05) is 36.4 Å². The number of aryl methyl sites for hydroxylation is 4. The van der Waals surface area contributed by atoms with E-state index in [1.807, 2.05) is 0 Å². The maximum Gasteiger partial charge on any atom is 0.244 e. The molecule has 1 aliphatic heterocycles. The van der Waals surface area contributed by atoms with Crippen LogP contribution in [0.3, 0.4) is 0 Å². The second kappa shape index (κ2) is 7.21. The lowest BCUT2D eigenvalue weighted by Gasteiger charge is -2.22. The molecule has 1 heterocycles. The van der Waals surface area contributed by atoms with Gasteiger partial charge in [0.25, 0.3) is 0 Å². The molecule has 0 saturated carbocycles. The van der Waals surface area contributed by atoms with E-state index in [9.17, 15) is 0 Å². The van der Waals surface area contributed by atoms with Crippen molar-refractivity contribution in [1.29, 1.82) is 0 Å². The molecule has 0 aliphatic carbocycles. The van der Waals surface area contributed by atoms with Crippen molar-refractivity contribution in [3.63, 3.8) is 0 Å². The topological polar surface area (TPSA) is 6.25 Å². The number of nitrogens with zero attached hydrogens (tertiary/aromatic N) is 2. The summed E-state index contributed by atoms with van der Waals surface area (Å²) in [4.78, 5) is 2.47. The van der Waals surface area contributed by atoms with E-state index in [0.717, 1.165) is 13.1 Å². The van der Waals surface area contributed by atoms with Gasteiger partial charge in [-0.25, -0.2) is 9.48 Å². The standard InChI is InChI=1S/C22H29N2/c1-17-10-8-11-18(2)21(17)23-14-6-5-7-15-24(16-23)22-19(3)12-9-13-20(22)4/h8-13,16H,5-7,14-15H2,1-4H3/q+1. The van der Waals surface area contributed by atoms with E-state index in [0.29, 0.717) is 0 Å². The molecule has 2 nitrogen and oxygen atoms in total. The minimum Gasteiger partial charge on any atom is -0.233 e. The van der Waals surface area contributed by atoms with Crippen LogP contribution in [0.1, 0.15) is 41.5 Å². The highest BCUT2D eigenvalue weighted by Gasteiger charge is 2.21. The second-order valence-corrected chi connectivity index (χ2v) is 7.04. The van der Waals surface area contributed by atoms with Crippen LogP contribution in [-0.4, -0.2) is 24.0 Å². The first-order chi connectivity index (χ1) is 11.6. The quantitative estimate of drug-likeness (QED) is 0.682. The van der Waals surface area contributed by atoms with Gasteiger partial charge in [0, 0.05) is 0 Å². The molecule has 2 aromatic rings. The summed E-state index contributed by atoms with van der Waals surface area (Å²) in [5, 5.41) is 0. The summed E-state index contributed by atoms with van der Waals surface area (Å²) in [6.45, 7) is 11.1. The third kappa shape index (κ3) is 3.38. The van der Waals surface area contributed by atoms with Crippen molar-refractivity contribution in [3.8, 4) is 0 Å². The smallest absolute Gasteiger partial charge is 0.233 e. The van der Waals surface area contributed by atoms with Crippen molar-refractivity contribution in [2.45, 2.75) is 47.0 Å². The van der Waals surface area contributed by atoms with Crippen molar-refractivity contribution in [2.75, 3.05) is 18.0 Å². The van der Waals surface area contributed by atoms with E-state index in [1.165, 1.54) is 52.9 Å². The fraction of sp³-hybridized carbons (Fsp3) is 0.409. The summed E-state index contributed by atoms with van der Waals surface area (Å²) in [5.41, 5.74) is 8.16. The fourth-order valence-electron chi connectivity index (χ4n) is 3.88. The lowest BCUT2D eigenvalue weighted by molar-refractivity contribution is -0.439. The molecule has 0 bridgehead atoms. The van der Waals surface area contributed by atoms with Crippen LogP contribution >= 0.6 is 0 Å². The van der Waals surface area contributed by atoms with Crippen molar-refractivity contribution < 1.29 is 4.58 Å². The number of para-hydroxylation sites is 2. The molecule has 2 heteroatoms. The normalized spacial score (nSPS) is 15.7. The number of hydrogen-bond donors (Lipinski definition) is 0. The highest BCUT2D eigenvalue weighted by atomic mass is 15.2. The summed E-state index contributed by atoms with van der Waals surface area (Å²) >= 11 is 0. The number of hydrogen-bond acceptors (Lipinski definition) is 1. The molecule has 0 unspecified atom stereocenters. The van der Waals surface area contributed by atoms with Gasteiger partial charge in [-0.3, -0.25) is 0 Å². The van der Waals surface area contributed by atoms with Gasteiger partial charge in [0.1, 0.15) is 11.4 Å². The van der Waals surface area contributed by atoms with Gasteiger partial charge in [-0.15, -0.1) is 0 Å². The van der Waals surface area contributed by atoms with E-state index < -0.39 is 0 Å². The molecule has 3 rings (SSSR count). The average molecular weight is 321 g/mol. The molecule has 0 atom stereocenters. The van der Waals surface area contributed by atoms with Crippen LogP contribution in [0.15, 0.2) is 36.4 Å². The molecule has 0 N–H and O–H groups in total. The number of anilines is 1. The van der Waals surface area contributed by atoms with Gasteiger partial charge >= 0.3 is 0 Å². The third-order valence-corrected chi connectivity index (χ3v) is 5.03. The molecule has 0 spiro atoms. The fourth-order valence-corrected chi connectivity index (χ4v) is 3.88. The van der Waals surface area contributed by atoms with E-state index in [2.05, 4.69) is 79.9 Å². The van der Waals surface area contributed by atoms with E-state index in [1.54, 1.807) is 0 Å². The molecule has 0 fully saturated rings. The SMILES string of the molecule is Cc1cccc(C)c1N1C=[N+](c2c(C)cccc2C)CCCCC1. The monoisotopic (exact) mass is 321 g/mol. The van der Waals surface area contributed by atoms with Crippen molar-refractivity contribution >= 4 is 17.7 Å². The van der Waals surface area contributed by atoms with Gasteiger partial charge in [0.15, 0.2) is 0 Å². The molecule has 2 aromatic carbocycles. The molecule has 0 radical (unpaired) electrons. The number of benzene rings is 2. The summed E-state index contributed by atoms with van der Waals surface area (Å²) in [7, 11) is 0. The Morgan fingerprint density at radius 3 is 1.96 bits per heavy atom. The predicted octanol–water partition coefficient (Wildman–Crippen LogP) is 5.28. The van der Waals surface area contributed by atoms with Gasteiger partial charge in [-0.2, -0.15) is 0 Å². The molecular formula is C22H29N2+. The Labute approximate surface area is 146 Å². The Morgan fingerprint density at radius 1 is 0.750 bits per heavy atom.